The minimum absolute atomic E-state index is 0.0101. The molecule has 0 saturated heterocycles. The van der Waals surface area contributed by atoms with Gasteiger partial charge in [0.25, 0.3) is 0 Å². The van der Waals surface area contributed by atoms with Gasteiger partial charge in [0.2, 0.25) is 0 Å². The lowest BCUT2D eigenvalue weighted by Crippen LogP contribution is -2.56. The van der Waals surface area contributed by atoms with Crippen molar-refractivity contribution in [3.05, 3.63) is 124 Å². The van der Waals surface area contributed by atoms with Crippen LogP contribution in [0.3, 0.4) is 0 Å². The fourth-order valence-electron chi connectivity index (χ4n) is 12.7. The van der Waals surface area contributed by atoms with Crippen LogP contribution in [0.4, 0.5) is 17.1 Å². The molecule has 0 unspecified atom stereocenters. The predicted molar refractivity (Wildman–Crippen MR) is 275 cm³/mol. The second kappa shape index (κ2) is 12.4. The SMILES string of the molecule is CC(C)(C)c1ccc2c(c1)c1cc(C(C)(C)C)cc3c1n2B1c2oc4cc5c(cc4c2N(c2ccc4c(c2)C(C)(C)CCC4(C)C)c2cc4ccccc4c-3c21)C(C)(C)CCC5(C)C. The Bertz CT molecular complexity index is 3370. The van der Waals surface area contributed by atoms with Crippen LogP contribution in [0.2, 0.25) is 0 Å². The topological polar surface area (TPSA) is 21.3 Å². The average molecular weight is 841 g/mol. The van der Waals surface area contributed by atoms with Gasteiger partial charge in [-0.25, -0.2) is 0 Å². The summed E-state index contributed by atoms with van der Waals surface area (Å²) in [7, 11) is 0. The van der Waals surface area contributed by atoms with Gasteiger partial charge in [0.05, 0.1) is 5.69 Å². The van der Waals surface area contributed by atoms with Crippen LogP contribution < -0.4 is 16.0 Å². The van der Waals surface area contributed by atoms with Crippen LogP contribution in [0.15, 0.2) is 95.4 Å². The molecule has 0 fully saturated rings. The third-order valence-electron chi connectivity index (χ3n) is 17.0. The molecule has 2 aliphatic carbocycles. The molecule has 64 heavy (non-hydrogen) atoms. The van der Waals surface area contributed by atoms with E-state index >= 15 is 0 Å². The molecule has 0 amide bonds. The van der Waals surface area contributed by atoms with Crippen molar-refractivity contribution in [2.45, 2.75) is 155 Å². The number of nitrogens with zero attached hydrogens (tertiary/aromatic N) is 2. The highest BCUT2D eigenvalue weighted by atomic mass is 16.3. The normalized spacial score (nSPS) is 19.0. The molecule has 0 saturated carbocycles. The molecule has 0 N–H and O–H groups in total. The maximum atomic E-state index is 7.68. The number of aromatic nitrogens is 1. The minimum Gasteiger partial charge on any atom is -0.466 e. The van der Waals surface area contributed by atoms with Gasteiger partial charge < -0.3 is 13.8 Å². The average Bonchev–Trinajstić information content (AvgIpc) is 3.77. The summed E-state index contributed by atoms with van der Waals surface area (Å²) in [5.74, 6) is 0. The monoisotopic (exact) mass is 841 g/mol. The number of benzene rings is 6. The molecule has 0 radical (unpaired) electrons. The fourth-order valence-corrected chi connectivity index (χ4v) is 12.7. The molecule has 4 heterocycles. The number of fused-ring (bicyclic) bond motifs is 13. The number of hydrogen-bond acceptors (Lipinski definition) is 2. The van der Waals surface area contributed by atoms with Gasteiger partial charge in [-0.1, -0.05) is 133 Å². The summed E-state index contributed by atoms with van der Waals surface area (Å²) >= 11 is 0. The van der Waals surface area contributed by atoms with E-state index in [1.807, 2.05) is 0 Å². The lowest BCUT2D eigenvalue weighted by molar-refractivity contribution is 0.332. The molecule has 324 valence electrons. The van der Waals surface area contributed by atoms with Gasteiger partial charge in [-0.15, -0.1) is 0 Å². The maximum absolute atomic E-state index is 7.68. The van der Waals surface area contributed by atoms with Crippen LogP contribution in [0, 0.1) is 0 Å². The van der Waals surface area contributed by atoms with Crippen molar-refractivity contribution < 1.29 is 4.42 Å². The van der Waals surface area contributed by atoms with Gasteiger partial charge in [-0.2, -0.15) is 0 Å². The highest BCUT2D eigenvalue weighted by molar-refractivity contribution is 6.90. The number of rotatable bonds is 1. The Balaban J connectivity index is 1.28. The standard InChI is InChI=1S/C60H65BN2O/c1-55(2,3)35-19-22-47-39(28-35)40-29-36(56(4,5)6)30-42-50-38-18-16-15-17-34(38)27-48-51(50)61(63(47)52(40)42)54-53(41-32-45-46(33-49(41)64-54)60(13,14)26-25-59(45,11)12)62(48)37-20-21-43-44(31-37)58(9,10)24-23-57(43,7)8/h15-22,27-33H,23-26H2,1-14H3. The van der Waals surface area contributed by atoms with Gasteiger partial charge in [0, 0.05) is 44.1 Å². The highest BCUT2D eigenvalue weighted by Crippen LogP contribution is 2.55. The van der Waals surface area contributed by atoms with Crippen LogP contribution in [-0.2, 0) is 32.5 Å². The van der Waals surface area contributed by atoms with Gasteiger partial charge in [-0.3, -0.25) is 0 Å². The Morgan fingerprint density at radius 2 is 1.16 bits per heavy atom. The first-order valence-electron chi connectivity index (χ1n) is 24.2. The molecule has 4 heteroatoms. The van der Waals surface area contributed by atoms with Crippen molar-refractivity contribution in [1.82, 2.24) is 4.48 Å². The van der Waals surface area contributed by atoms with E-state index in [2.05, 4.69) is 197 Å². The molecular formula is C60H65BN2O. The molecule has 3 nitrogen and oxygen atoms in total. The van der Waals surface area contributed by atoms with E-state index in [0.29, 0.717) is 0 Å². The van der Waals surface area contributed by atoms with Gasteiger partial charge >= 0.3 is 6.85 Å². The molecule has 12 rings (SSSR count). The molecule has 2 aliphatic heterocycles. The van der Waals surface area contributed by atoms with Gasteiger partial charge in [-0.05, 0) is 168 Å². The summed E-state index contributed by atoms with van der Waals surface area (Å²) in [6.07, 6.45) is 4.68. The Morgan fingerprint density at radius 1 is 0.547 bits per heavy atom. The third-order valence-corrected chi connectivity index (χ3v) is 17.0. The number of anilines is 3. The van der Waals surface area contributed by atoms with Crippen molar-refractivity contribution >= 4 is 78.6 Å². The summed E-state index contributed by atoms with van der Waals surface area (Å²) in [6, 6.07) is 36.5. The summed E-state index contributed by atoms with van der Waals surface area (Å²) in [5, 5.41) is 6.45. The molecule has 4 aliphatic rings. The molecule has 0 bridgehead atoms. The largest absolute Gasteiger partial charge is 0.466 e. The van der Waals surface area contributed by atoms with Crippen LogP contribution in [0.1, 0.15) is 156 Å². The summed E-state index contributed by atoms with van der Waals surface area (Å²) in [5.41, 5.74) is 21.1. The first-order chi connectivity index (χ1) is 30.0. The van der Waals surface area contributed by atoms with Crippen molar-refractivity contribution in [1.29, 1.82) is 0 Å². The van der Waals surface area contributed by atoms with Gasteiger partial charge in [0.1, 0.15) is 11.2 Å². The second-order valence-corrected chi connectivity index (χ2v) is 25.1. The predicted octanol–water partition coefficient (Wildman–Crippen LogP) is 15.4. The van der Waals surface area contributed by atoms with Crippen LogP contribution in [0.5, 0.6) is 0 Å². The smallest absolute Gasteiger partial charge is 0.376 e. The molecule has 0 spiro atoms. The third kappa shape index (κ3) is 5.35. The van der Waals surface area contributed by atoms with E-state index in [4.69, 9.17) is 4.42 Å². The summed E-state index contributed by atoms with van der Waals surface area (Å²) < 4.78 is 10.4. The molecule has 8 aromatic rings. The molecule has 0 atom stereocenters. The lowest BCUT2D eigenvalue weighted by Gasteiger charge is -2.43. The first kappa shape index (κ1) is 40.3. The van der Waals surface area contributed by atoms with E-state index in [1.54, 1.807) is 0 Å². The zero-order chi connectivity index (χ0) is 45.0. The molecule has 2 aromatic heterocycles. The van der Waals surface area contributed by atoms with E-state index in [9.17, 15) is 0 Å². The van der Waals surface area contributed by atoms with Crippen LogP contribution in [-0.4, -0.2) is 11.3 Å². The van der Waals surface area contributed by atoms with Crippen LogP contribution in [0.25, 0.3) is 54.7 Å². The molecular weight excluding hydrogens is 775 g/mol. The van der Waals surface area contributed by atoms with Gasteiger partial charge in [0.15, 0.2) is 0 Å². The van der Waals surface area contributed by atoms with E-state index in [0.717, 1.165) is 24.1 Å². The van der Waals surface area contributed by atoms with Crippen molar-refractivity contribution in [3.63, 3.8) is 0 Å². The zero-order valence-corrected chi connectivity index (χ0v) is 40.9. The van der Waals surface area contributed by atoms with E-state index in [1.165, 1.54) is 118 Å². The number of hydrogen-bond donors (Lipinski definition) is 0. The first-order valence-corrected chi connectivity index (χ1v) is 24.2. The molecule has 6 aromatic carbocycles. The summed E-state index contributed by atoms with van der Waals surface area (Å²) in [6.45, 7) is 33.5. The Hall–Kier alpha value is -5.22. The van der Waals surface area contributed by atoms with E-state index < -0.39 is 0 Å². The van der Waals surface area contributed by atoms with Crippen molar-refractivity contribution in [2.75, 3.05) is 4.90 Å². The van der Waals surface area contributed by atoms with Crippen molar-refractivity contribution in [3.8, 4) is 11.1 Å². The Kier molecular flexibility index (Phi) is 7.78. The maximum Gasteiger partial charge on any atom is 0.376 e. The Morgan fingerprint density at radius 3 is 1.83 bits per heavy atom. The summed E-state index contributed by atoms with van der Waals surface area (Å²) in [4.78, 5) is 2.65. The second-order valence-electron chi connectivity index (χ2n) is 25.1. The minimum atomic E-state index is -0.173. The number of furan rings is 1. The van der Waals surface area contributed by atoms with Crippen molar-refractivity contribution in [2.24, 2.45) is 0 Å². The quantitative estimate of drug-likeness (QED) is 0.154. The van der Waals surface area contributed by atoms with E-state index in [-0.39, 0.29) is 39.3 Å². The lowest BCUT2D eigenvalue weighted by atomic mass is 9.47. The fraction of sp³-hybridized carbons (Fsp3) is 0.400. The zero-order valence-electron chi connectivity index (χ0n) is 40.9. The van der Waals surface area contributed by atoms with Crippen LogP contribution >= 0.6 is 0 Å². The Labute approximate surface area is 381 Å². The highest BCUT2D eigenvalue weighted by Gasteiger charge is 2.49.